The first-order valence-electron chi connectivity index (χ1n) is 9.38. The van der Waals surface area contributed by atoms with Gasteiger partial charge in [0.1, 0.15) is 11.2 Å². The van der Waals surface area contributed by atoms with Gasteiger partial charge >= 0.3 is 0 Å². The van der Waals surface area contributed by atoms with Gasteiger partial charge < -0.3 is 11.1 Å². The quantitative estimate of drug-likeness (QED) is 0.821. The second-order valence-electron chi connectivity index (χ2n) is 8.51. The molecule has 9 heteroatoms. The lowest BCUT2D eigenvalue weighted by molar-refractivity contribution is -0.128. The normalized spacial score (nSPS) is 19.9. The Bertz CT molecular complexity index is 1000. The molecule has 0 spiro atoms. The number of hydrogen-bond donors (Lipinski definition) is 2. The number of amides is 2. The molecule has 2 amide bonds. The Hall–Kier alpha value is -3.23. The van der Waals surface area contributed by atoms with Crippen LogP contribution in [0, 0.1) is 6.92 Å². The molecule has 2 aromatic heterocycles. The Morgan fingerprint density at radius 3 is 2.62 bits per heavy atom. The molecule has 1 aliphatic rings. The van der Waals surface area contributed by atoms with Crippen molar-refractivity contribution in [2.75, 3.05) is 12.4 Å². The zero-order valence-electron chi connectivity index (χ0n) is 17.6. The van der Waals surface area contributed by atoms with Crippen molar-refractivity contribution in [3.8, 4) is 0 Å². The summed E-state index contributed by atoms with van der Waals surface area (Å²) in [4.78, 5) is 35.3. The largest absolute Gasteiger partial charge is 0.369 e. The van der Waals surface area contributed by atoms with Crippen LogP contribution < -0.4 is 11.1 Å². The number of guanidine groups is 1. The molecule has 1 unspecified atom stereocenters. The lowest BCUT2D eigenvalue weighted by Crippen LogP contribution is -2.47. The Morgan fingerprint density at radius 1 is 1.31 bits per heavy atom. The molecule has 2 aromatic rings. The molecule has 3 N–H and O–H groups in total. The van der Waals surface area contributed by atoms with E-state index >= 15 is 0 Å². The van der Waals surface area contributed by atoms with E-state index in [2.05, 4.69) is 20.4 Å². The lowest BCUT2D eigenvalue weighted by Gasteiger charge is -2.32. The number of nitrogens with two attached hydrogens (primary N) is 1. The van der Waals surface area contributed by atoms with E-state index < -0.39 is 5.54 Å². The van der Waals surface area contributed by atoms with Crippen molar-refractivity contribution in [1.82, 2.24) is 19.7 Å². The van der Waals surface area contributed by atoms with Gasteiger partial charge in [-0.05, 0) is 52.8 Å². The summed E-state index contributed by atoms with van der Waals surface area (Å²) in [5.41, 5.74) is 7.01. The van der Waals surface area contributed by atoms with Crippen molar-refractivity contribution in [2.45, 2.75) is 52.1 Å². The van der Waals surface area contributed by atoms with Crippen molar-refractivity contribution in [2.24, 2.45) is 10.7 Å². The third kappa shape index (κ3) is 3.98. The number of nitrogens with one attached hydrogen (secondary N) is 1. The smallest absolute Gasteiger partial charge is 0.273 e. The molecule has 0 aromatic carbocycles. The summed E-state index contributed by atoms with van der Waals surface area (Å²) < 4.78 is 1.71. The molecule has 0 saturated heterocycles. The minimum Gasteiger partial charge on any atom is -0.369 e. The van der Waals surface area contributed by atoms with Crippen molar-refractivity contribution in [3.05, 3.63) is 41.5 Å². The minimum atomic E-state index is -0.891. The molecule has 3 heterocycles. The molecule has 154 valence electrons. The van der Waals surface area contributed by atoms with Gasteiger partial charge in [0.25, 0.3) is 5.91 Å². The lowest BCUT2D eigenvalue weighted by atomic mass is 9.91. The summed E-state index contributed by atoms with van der Waals surface area (Å²) in [7, 11) is 1.59. The van der Waals surface area contributed by atoms with Gasteiger partial charge in [-0.25, -0.2) is 4.99 Å². The Kier molecular flexibility index (Phi) is 4.94. The molecule has 3 rings (SSSR count). The van der Waals surface area contributed by atoms with Crippen molar-refractivity contribution in [1.29, 1.82) is 0 Å². The average Bonchev–Trinajstić information content (AvgIpc) is 3.02. The standard InChI is InChI=1S/C20H27N7O2/c1-12-9-14(27(25-12)19(2,3)4)17(29)23-13-7-8-22-15(10-13)20(5)11-16(28)26(6)18(21)24-20/h7-10H,11H2,1-6H3,(H2,21,24)(H,22,23,29). The van der Waals surface area contributed by atoms with Crippen molar-refractivity contribution < 1.29 is 9.59 Å². The van der Waals surface area contributed by atoms with E-state index in [0.29, 0.717) is 17.1 Å². The second kappa shape index (κ2) is 6.98. The van der Waals surface area contributed by atoms with Gasteiger partial charge in [-0.1, -0.05) is 0 Å². The van der Waals surface area contributed by atoms with Crippen LogP contribution in [0.3, 0.4) is 0 Å². The number of carbonyl (C=O) groups excluding carboxylic acids is 2. The van der Waals surface area contributed by atoms with Gasteiger partial charge in [0.2, 0.25) is 5.91 Å². The maximum atomic E-state index is 12.9. The third-order valence-corrected chi connectivity index (χ3v) is 4.84. The van der Waals surface area contributed by atoms with E-state index in [9.17, 15) is 9.59 Å². The number of aryl methyl sites for hydroxylation is 1. The second-order valence-corrected chi connectivity index (χ2v) is 8.51. The number of aliphatic imine (C=N–C) groups is 1. The van der Waals surface area contributed by atoms with E-state index in [0.717, 1.165) is 5.69 Å². The molecule has 29 heavy (non-hydrogen) atoms. The fourth-order valence-electron chi connectivity index (χ4n) is 3.23. The highest BCUT2D eigenvalue weighted by molar-refractivity contribution is 6.03. The van der Waals surface area contributed by atoms with Crippen molar-refractivity contribution >= 4 is 23.5 Å². The predicted molar refractivity (Wildman–Crippen MR) is 111 cm³/mol. The molecular weight excluding hydrogens is 370 g/mol. The highest BCUT2D eigenvalue weighted by atomic mass is 16.2. The molecule has 1 aliphatic heterocycles. The van der Waals surface area contributed by atoms with Crippen molar-refractivity contribution in [3.63, 3.8) is 0 Å². The van der Waals surface area contributed by atoms with Crippen LogP contribution in [0.5, 0.6) is 0 Å². The summed E-state index contributed by atoms with van der Waals surface area (Å²) >= 11 is 0. The Morgan fingerprint density at radius 2 is 2.00 bits per heavy atom. The van der Waals surface area contributed by atoms with Gasteiger partial charge in [-0.3, -0.25) is 24.2 Å². The third-order valence-electron chi connectivity index (χ3n) is 4.84. The maximum absolute atomic E-state index is 12.9. The fraction of sp³-hybridized carbons (Fsp3) is 0.450. The predicted octanol–water partition coefficient (Wildman–Crippen LogP) is 1.99. The number of pyridine rings is 1. The molecule has 0 fully saturated rings. The molecular formula is C20H27N7O2. The van der Waals surface area contributed by atoms with Crippen LogP contribution in [-0.2, 0) is 15.9 Å². The van der Waals surface area contributed by atoms with E-state index in [1.165, 1.54) is 4.90 Å². The number of carbonyl (C=O) groups is 2. The number of anilines is 1. The maximum Gasteiger partial charge on any atom is 0.273 e. The van der Waals surface area contributed by atoms with Crippen LogP contribution in [0.1, 0.15) is 56.0 Å². The van der Waals surface area contributed by atoms with E-state index in [1.54, 1.807) is 43.0 Å². The highest BCUT2D eigenvalue weighted by Gasteiger charge is 2.37. The van der Waals surface area contributed by atoms with Gasteiger partial charge in [-0.15, -0.1) is 0 Å². The molecule has 0 aliphatic carbocycles. The average molecular weight is 397 g/mol. The monoisotopic (exact) mass is 397 g/mol. The molecule has 9 nitrogen and oxygen atoms in total. The van der Waals surface area contributed by atoms with Crippen LogP contribution in [0.2, 0.25) is 0 Å². The van der Waals surface area contributed by atoms with E-state index in [-0.39, 0.29) is 29.7 Å². The van der Waals surface area contributed by atoms with Gasteiger partial charge in [0, 0.05) is 18.9 Å². The minimum absolute atomic E-state index is 0.138. The number of hydrogen-bond acceptors (Lipinski definition) is 6. The summed E-state index contributed by atoms with van der Waals surface area (Å²) in [6, 6.07) is 5.17. The first-order valence-corrected chi connectivity index (χ1v) is 9.38. The van der Waals surface area contributed by atoms with Gasteiger partial charge in [0.15, 0.2) is 5.96 Å². The molecule has 0 radical (unpaired) electrons. The van der Waals surface area contributed by atoms with Crippen LogP contribution >= 0.6 is 0 Å². The summed E-state index contributed by atoms with van der Waals surface area (Å²) in [5, 5.41) is 7.34. The molecule has 1 atom stereocenters. The first-order chi connectivity index (χ1) is 13.4. The zero-order valence-corrected chi connectivity index (χ0v) is 17.6. The SMILES string of the molecule is Cc1cc(C(=O)Nc2ccnc(C3(C)CC(=O)N(C)C(N)=N3)c2)n(C(C)(C)C)n1. The summed E-state index contributed by atoms with van der Waals surface area (Å²) in [6.45, 7) is 9.62. The molecule has 0 saturated carbocycles. The summed E-state index contributed by atoms with van der Waals surface area (Å²) in [5.74, 6) is -0.268. The van der Waals surface area contributed by atoms with Crippen LogP contribution in [0.4, 0.5) is 5.69 Å². The molecule has 0 bridgehead atoms. The topological polar surface area (TPSA) is 119 Å². The number of aromatic nitrogens is 3. The number of nitrogens with zero attached hydrogens (tertiary/aromatic N) is 5. The van der Waals surface area contributed by atoms with Gasteiger partial charge in [0.05, 0.1) is 23.3 Å². The van der Waals surface area contributed by atoms with Gasteiger partial charge in [-0.2, -0.15) is 5.10 Å². The Balaban J connectivity index is 1.90. The zero-order chi connectivity index (χ0) is 21.6. The van der Waals surface area contributed by atoms with Crippen LogP contribution in [0.15, 0.2) is 29.4 Å². The first kappa shape index (κ1) is 20.5. The van der Waals surface area contributed by atoms with E-state index in [4.69, 9.17) is 5.73 Å². The summed E-state index contributed by atoms with van der Waals surface area (Å²) in [6.07, 6.45) is 1.72. The van der Waals surface area contributed by atoms with Crippen LogP contribution in [0.25, 0.3) is 0 Å². The van der Waals surface area contributed by atoms with Crippen LogP contribution in [-0.4, -0.2) is 44.5 Å². The highest BCUT2D eigenvalue weighted by Crippen LogP contribution is 2.32. The fourth-order valence-corrected chi connectivity index (χ4v) is 3.23. The van der Waals surface area contributed by atoms with E-state index in [1.807, 2.05) is 27.7 Å². The Labute approximate surface area is 170 Å². The number of rotatable bonds is 3.